The number of nitrogens with zero attached hydrogens (tertiary/aromatic N) is 1. The fourth-order valence-electron chi connectivity index (χ4n) is 1.95. The Labute approximate surface area is 109 Å². The van der Waals surface area contributed by atoms with Crippen molar-refractivity contribution in [3.05, 3.63) is 48.2 Å². The number of H-pyrrole nitrogens is 1. The Morgan fingerprint density at radius 2 is 2.00 bits per heavy atom. The summed E-state index contributed by atoms with van der Waals surface area (Å²) in [4.78, 5) is 0. The zero-order valence-electron chi connectivity index (χ0n) is 10.1. The lowest BCUT2D eigenvalue weighted by molar-refractivity contribution is 0.446. The van der Waals surface area contributed by atoms with E-state index in [4.69, 9.17) is 0 Å². The van der Waals surface area contributed by atoms with Crippen molar-refractivity contribution in [1.82, 2.24) is 10.2 Å². The highest BCUT2D eigenvalue weighted by Crippen LogP contribution is 2.24. The maximum Gasteiger partial charge on any atom is 0.124 e. The van der Waals surface area contributed by atoms with E-state index >= 15 is 0 Å². The lowest BCUT2D eigenvalue weighted by Gasteiger charge is -2.08. The quantitative estimate of drug-likeness (QED) is 0.580. The molecule has 0 fully saturated rings. The van der Waals surface area contributed by atoms with Crippen LogP contribution in [0.3, 0.4) is 0 Å². The standard InChI is InChI=1S/C14H13N3O2/c18-12-3-1-9(14(19)6-12)7-15-11-2-4-13-10(5-11)8-16-17-13/h1-6,8,15,18-19H,7H2,(H,16,17). The smallest absolute Gasteiger partial charge is 0.124 e. The Balaban J connectivity index is 1.77. The fourth-order valence-corrected chi connectivity index (χ4v) is 1.95. The topological polar surface area (TPSA) is 81.2 Å². The van der Waals surface area contributed by atoms with Crippen LogP contribution in [0, 0.1) is 0 Å². The Kier molecular flexibility index (Phi) is 2.72. The molecule has 4 N–H and O–H groups in total. The summed E-state index contributed by atoms with van der Waals surface area (Å²) in [7, 11) is 0. The van der Waals surface area contributed by atoms with E-state index in [-0.39, 0.29) is 11.5 Å². The second kappa shape index (κ2) is 4.53. The first-order chi connectivity index (χ1) is 9.22. The molecule has 2 aromatic carbocycles. The van der Waals surface area contributed by atoms with Crippen LogP contribution in [0.15, 0.2) is 42.6 Å². The zero-order chi connectivity index (χ0) is 13.2. The van der Waals surface area contributed by atoms with Crippen molar-refractivity contribution >= 4 is 16.6 Å². The zero-order valence-corrected chi connectivity index (χ0v) is 10.1. The molecular weight excluding hydrogens is 242 g/mol. The number of aromatic hydroxyl groups is 2. The van der Waals surface area contributed by atoms with Crippen molar-refractivity contribution < 1.29 is 10.2 Å². The summed E-state index contributed by atoms with van der Waals surface area (Å²) in [6.07, 6.45) is 1.76. The summed E-state index contributed by atoms with van der Waals surface area (Å²) in [5, 5.41) is 30.0. The van der Waals surface area contributed by atoms with Gasteiger partial charge < -0.3 is 15.5 Å². The SMILES string of the molecule is Oc1ccc(CNc2ccc3[nH]ncc3c2)c(O)c1. The number of aromatic nitrogens is 2. The molecule has 19 heavy (non-hydrogen) atoms. The van der Waals surface area contributed by atoms with E-state index in [2.05, 4.69) is 15.5 Å². The normalized spacial score (nSPS) is 10.7. The summed E-state index contributed by atoms with van der Waals surface area (Å²) in [6.45, 7) is 0.482. The largest absolute Gasteiger partial charge is 0.508 e. The summed E-state index contributed by atoms with van der Waals surface area (Å²) >= 11 is 0. The first-order valence-corrected chi connectivity index (χ1v) is 5.90. The van der Waals surface area contributed by atoms with Gasteiger partial charge in [-0.3, -0.25) is 5.10 Å². The molecule has 96 valence electrons. The van der Waals surface area contributed by atoms with Crippen LogP contribution in [-0.2, 0) is 6.54 Å². The van der Waals surface area contributed by atoms with Gasteiger partial charge in [-0.2, -0.15) is 5.10 Å². The molecule has 0 aliphatic rings. The van der Waals surface area contributed by atoms with Gasteiger partial charge in [0.25, 0.3) is 0 Å². The van der Waals surface area contributed by atoms with Gasteiger partial charge in [0.2, 0.25) is 0 Å². The molecule has 3 aromatic rings. The lowest BCUT2D eigenvalue weighted by atomic mass is 10.2. The molecule has 5 heteroatoms. The van der Waals surface area contributed by atoms with E-state index in [0.717, 1.165) is 22.2 Å². The molecule has 0 atom stereocenters. The average molecular weight is 255 g/mol. The summed E-state index contributed by atoms with van der Waals surface area (Å²) in [5.74, 6) is 0.137. The lowest BCUT2D eigenvalue weighted by Crippen LogP contribution is -1.99. The molecule has 0 aliphatic heterocycles. The van der Waals surface area contributed by atoms with Gasteiger partial charge >= 0.3 is 0 Å². The van der Waals surface area contributed by atoms with Crippen LogP contribution in [0.25, 0.3) is 10.9 Å². The predicted octanol–water partition coefficient (Wildman–Crippen LogP) is 2.59. The molecule has 5 nitrogen and oxygen atoms in total. The minimum absolute atomic E-state index is 0.0565. The van der Waals surface area contributed by atoms with Crippen LogP contribution in [0.5, 0.6) is 11.5 Å². The summed E-state index contributed by atoms with van der Waals surface area (Å²) in [5.41, 5.74) is 2.66. The molecule has 0 bridgehead atoms. The molecule has 0 saturated heterocycles. The third kappa shape index (κ3) is 2.30. The predicted molar refractivity (Wildman–Crippen MR) is 73.2 cm³/mol. The molecule has 0 aliphatic carbocycles. The highest BCUT2D eigenvalue weighted by atomic mass is 16.3. The molecule has 0 unspecified atom stereocenters. The summed E-state index contributed by atoms with van der Waals surface area (Å²) in [6, 6.07) is 10.4. The number of benzene rings is 2. The van der Waals surface area contributed by atoms with Gasteiger partial charge in [0, 0.05) is 29.2 Å². The van der Waals surface area contributed by atoms with E-state index in [0.29, 0.717) is 6.54 Å². The van der Waals surface area contributed by atoms with Crippen molar-refractivity contribution in [1.29, 1.82) is 0 Å². The van der Waals surface area contributed by atoms with E-state index in [1.807, 2.05) is 18.2 Å². The average Bonchev–Trinajstić information content (AvgIpc) is 2.85. The number of hydrogen-bond acceptors (Lipinski definition) is 4. The number of nitrogens with one attached hydrogen (secondary N) is 2. The third-order valence-electron chi connectivity index (χ3n) is 2.99. The van der Waals surface area contributed by atoms with E-state index in [9.17, 15) is 10.2 Å². The van der Waals surface area contributed by atoms with Crippen molar-refractivity contribution in [3.63, 3.8) is 0 Å². The molecular formula is C14H13N3O2. The van der Waals surface area contributed by atoms with E-state index in [1.165, 1.54) is 6.07 Å². The first-order valence-electron chi connectivity index (χ1n) is 5.90. The Morgan fingerprint density at radius 1 is 1.11 bits per heavy atom. The van der Waals surface area contributed by atoms with Gasteiger partial charge in [-0.25, -0.2) is 0 Å². The maximum absolute atomic E-state index is 9.69. The van der Waals surface area contributed by atoms with Gasteiger partial charge in [-0.05, 0) is 30.3 Å². The highest BCUT2D eigenvalue weighted by Gasteiger charge is 2.03. The molecule has 3 rings (SSSR count). The third-order valence-corrected chi connectivity index (χ3v) is 2.99. The number of hydrogen-bond donors (Lipinski definition) is 4. The molecule has 0 amide bonds. The van der Waals surface area contributed by atoms with E-state index in [1.54, 1.807) is 18.3 Å². The van der Waals surface area contributed by atoms with Crippen molar-refractivity contribution in [3.8, 4) is 11.5 Å². The molecule has 0 radical (unpaired) electrons. The maximum atomic E-state index is 9.69. The minimum Gasteiger partial charge on any atom is -0.508 e. The van der Waals surface area contributed by atoms with Crippen LogP contribution in [0.1, 0.15) is 5.56 Å². The Morgan fingerprint density at radius 3 is 2.84 bits per heavy atom. The molecule has 0 spiro atoms. The Hall–Kier alpha value is -2.69. The Bertz CT molecular complexity index is 722. The highest BCUT2D eigenvalue weighted by molar-refractivity contribution is 5.81. The minimum atomic E-state index is 0.0565. The molecule has 0 saturated carbocycles. The number of rotatable bonds is 3. The number of phenolic OH excluding ortho intramolecular Hbond substituents is 2. The van der Waals surface area contributed by atoms with Gasteiger partial charge in [-0.15, -0.1) is 0 Å². The first kappa shape index (κ1) is 11.4. The number of anilines is 1. The van der Waals surface area contributed by atoms with Gasteiger partial charge in [-0.1, -0.05) is 0 Å². The number of phenols is 2. The van der Waals surface area contributed by atoms with Gasteiger partial charge in [0.05, 0.1) is 11.7 Å². The fraction of sp³-hybridized carbons (Fsp3) is 0.0714. The molecule has 1 aromatic heterocycles. The number of fused-ring (bicyclic) bond motifs is 1. The number of aromatic amines is 1. The van der Waals surface area contributed by atoms with Crippen molar-refractivity contribution in [2.24, 2.45) is 0 Å². The second-order valence-electron chi connectivity index (χ2n) is 4.34. The van der Waals surface area contributed by atoms with Crippen LogP contribution < -0.4 is 5.32 Å². The van der Waals surface area contributed by atoms with Gasteiger partial charge in [0.1, 0.15) is 11.5 Å². The van der Waals surface area contributed by atoms with E-state index < -0.39 is 0 Å². The molecule has 1 heterocycles. The van der Waals surface area contributed by atoms with Gasteiger partial charge in [0.15, 0.2) is 0 Å². The van der Waals surface area contributed by atoms with Crippen LogP contribution in [-0.4, -0.2) is 20.4 Å². The van der Waals surface area contributed by atoms with Crippen LogP contribution in [0.4, 0.5) is 5.69 Å². The van der Waals surface area contributed by atoms with Crippen LogP contribution in [0.2, 0.25) is 0 Å². The summed E-state index contributed by atoms with van der Waals surface area (Å²) < 4.78 is 0. The second-order valence-corrected chi connectivity index (χ2v) is 4.34. The van der Waals surface area contributed by atoms with Crippen molar-refractivity contribution in [2.75, 3.05) is 5.32 Å². The van der Waals surface area contributed by atoms with Crippen molar-refractivity contribution in [2.45, 2.75) is 6.54 Å². The monoisotopic (exact) mass is 255 g/mol. The van der Waals surface area contributed by atoms with Crippen LogP contribution >= 0.6 is 0 Å².